The van der Waals surface area contributed by atoms with Crippen LogP contribution in [-0.2, 0) is 0 Å². The largest absolute Gasteiger partial charge is 0.493 e. The molecule has 7 nitrogen and oxygen atoms in total. The van der Waals surface area contributed by atoms with E-state index in [9.17, 15) is 0 Å². The Hall–Kier alpha value is -3.09. The fourth-order valence-corrected chi connectivity index (χ4v) is 2.24. The lowest BCUT2D eigenvalue weighted by Crippen LogP contribution is -1.96. The van der Waals surface area contributed by atoms with E-state index in [1.54, 1.807) is 45.9 Å². The highest BCUT2D eigenvalue weighted by atomic mass is 16.5. The molecular weight excluding hydrogens is 296 g/mol. The summed E-state index contributed by atoms with van der Waals surface area (Å²) in [5.74, 6) is 2.84. The fourth-order valence-electron chi connectivity index (χ4n) is 2.24. The number of hydrogen-bond donors (Lipinski definition) is 1. The molecule has 1 N–H and O–H groups in total. The van der Waals surface area contributed by atoms with Crippen LogP contribution in [0.4, 0.5) is 0 Å². The van der Waals surface area contributed by atoms with Crippen LogP contribution < -0.4 is 14.2 Å². The van der Waals surface area contributed by atoms with Crippen LogP contribution >= 0.6 is 0 Å². The van der Waals surface area contributed by atoms with Crippen molar-refractivity contribution >= 4 is 0 Å². The third kappa shape index (κ3) is 2.80. The minimum atomic E-state index is 0.531. The second kappa shape index (κ2) is 6.35. The van der Waals surface area contributed by atoms with Crippen molar-refractivity contribution in [3.05, 3.63) is 36.7 Å². The standard InChI is InChI=1S/C16H16N4O3/c1-21-12-8-11(9-13(22-2)14(12)23-3)16-18-15(19-20-16)10-4-6-17-7-5-10/h4-9H,1-3H3,(H,18,19,20). The molecule has 0 spiro atoms. The van der Waals surface area contributed by atoms with Gasteiger partial charge in [-0.25, -0.2) is 4.98 Å². The summed E-state index contributed by atoms with van der Waals surface area (Å²) < 4.78 is 16.0. The third-order valence-corrected chi connectivity index (χ3v) is 3.36. The van der Waals surface area contributed by atoms with Crippen molar-refractivity contribution in [2.24, 2.45) is 0 Å². The molecular formula is C16H16N4O3. The van der Waals surface area contributed by atoms with Gasteiger partial charge >= 0.3 is 0 Å². The van der Waals surface area contributed by atoms with Gasteiger partial charge in [0.25, 0.3) is 0 Å². The zero-order valence-corrected chi connectivity index (χ0v) is 13.0. The summed E-state index contributed by atoms with van der Waals surface area (Å²) in [5.41, 5.74) is 1.67. The van der Waals surface area contributed by atoms with Crippen LogP contribution in [0.25, 0.3) is 22.8 Å². The van der Waals surface area contributed by atoms with Gasteiger partial charge in [-0.15, -0.1) is 0 Å². The number of pyridine rings is 1. The van der Waals surface area contributed by atoms with Crippen LogP contribution in [0.3, 0.4) is 0 Å². The Labute approximate surface area is 133 Å². The molecule has 1 aromatic carbocycles. The molecule has 0 saturated heterocycles. The average molecular weight is 312 g/mol. The maximum Gasteiger partial charge on any atom is 0.203 e. The summed E-state index contributed by atoms with van der Waals surface area (Å²) in [4.78, 5) is 8.50. The quantitative estimate of drug-likeness (QED) is 0.779. The van der Waals surface area contributed by atoms with Crippen molar-refractivity contribution in [1.29, 1.82) is 0 Å². The van der Waals surface area contributed by atoms with Crippen molar-refractivity contribution in [2.45, 2.75) is 0 Å². The van der Waals surface area contributed by atoms with E-state index in [-0.39, 0.29) is 0 Å². The summed E-state index contributed by atoms with van der Waals surface area (Å²) in [5, 5.41) is 7.18. The highest BCUT2D eigenvalue weighted by Crippen LogP contribution is 2.40. The maximum absolute atomic E-state index is 5.35. The Bertz CT molecular complexity index is 777. The Morgan fingerprint density at radius 2 is 1.52 bits per heavy atom. The normalized spacial score (nSPS) is 10.4. The number of ether oxygens (including phenoxy) is 3. The topological polar surface area (TPSA) is 82.2 Å². The van der Waals surface area contributed by atoms with Gasteiger partial charge in [0, 0.05) is 23.5 Å². The van der Waals surface area contributed by atoms with Gasteiger partial charge < -0.3 is 14.2 Å². The third-order valence-electron chi connectivity index (χ3n) is 3.36. The molecule has 0 unspecified atom stereocenters. The number of nitrogens with zero attached hydrogens (tertiary/aromatic N) is 3. The molecule has 0 fully saturated rings. The van der Waals surface area contributed by atoms with Crippen molar-refractivity contribution in [3.8, 4) is 40.0 Å². The molecule has 2 aromatic heterocycles. The molecule has 3 aromatic rings. The van der Waals surface area contributed by atoms with E-state index in [2.05, 4.69) is 20.2 Å². The second-order valence-corrected chi connectivity index (χ2v) is 4.66. The number of nitrogens with one attached hydrogen (secondary N) is 1. The van der Waals surface area contributed by atoms with Crippen LogP contribution in [0, 0.1) is 0 Å². The first-order valence-corrected chi connectivity index (χ1v) is 6.90. The number of rotatable bonds is 5. The number of H-pyrrole nitrogens is 1. The molecule has 7 heteroatoms. The minimum Gasteiger partial charge on any atom is -0.493 e. The van der Waals surface area contributed by atoms with Gasteiger partial charge in [0.1, 0.15) is 0 Å². The highest BCUT2D eigenvalue weighted by molar-refractivity contribution is 5.68. The molecule has 118 valence electrons. The molecule has 0 atom stereocenters. The van der Waals surface area contributed by atoms with Crippen molar-refractivity contribution < 1.29 is 14.2 Å². The first kappa shape index (κ1) is 14.8. The Balaban J connectivity index is 2.04. The summed E-state index contributed by atoms with van der Waals surface area (Å²) in [6.07, 6.45) is 3.41. The van der Waals surface area contributed by atoms with Crippen LogP contribution in [0.2, 0.25) is 0 Å². The lowest BCUT2D eigenvalue weighted by atomic mass is 10.1. The Morgan fingerprint density at radius 3 is 2.09 bits per heavy atom. The fraction of sp³-hybridized carbons (Fsp3) is 0.188. The van der Waals surface area contributed by atoms with Gasteiger partial charge in [0.05, 0.1) is 21.3 Å². The monoisotopic (exact) mass is 312 g/mol. The maximum atomic E-state index is 5.35. The van der Waals surface area contributed by atoms with Gasteiger partial charge in [-0.1, -0.05) is 0 Å². The summed E-state index contributed by atoms with van der Waals surface area (Å²) >= 11 is 0. The lowest BCUT2D eigenvalue weighted by molar-refractivity contribution is 0.324. The van der Waals surface area contributed by atoms with Crippen molar-refractivity contribution in [1.82, 2.24) is 20.2 Å². The number of benzene rings is 1. The molecule has 0 amide bonds. The van der Waals surface area contributed by atoms with Crippen molar-refractivity contribution in [3.63, 3.8) is 0 Å². The van der Waals surface area contributed by atoms with Crippen molar-refractivity contribution in [2.75, 3.05) is 21.3 Å². The van der Waals surface area contributed by atoms with Gasteiger partial charge in [0.2, 0.25) is 5.75 Å². The zero-order chi connectivity index (χ0) is 16.2. The van der Waals surface area contributed by atoms with Gasteiger partial charge in [-0.3, -0.25) is 10.1 Å². The molecule has 2 heterocycles. The molecule has 0 radical (unpaired) electrons. The van der Waals surface area contributed by atoms with E-state index < -0.39 is 0 Å². The van der Waals surface area contributed by atoms with Crippen LogP contribution in [-0.4, -0.2) is 41.5 Å². The molecule has 0 aliphatic heterocycles. The van der Waals surface area contributed by atoms with Gasteiger partial charge in [-0.05, 0) is 24.3 Å². The predicted molar refractivity (Wildman–Crippen MR) is 84.7 cm³/mol. The Morgan fingerprint density at radius 1 is 0.870 bits per heavy atom. The minimum absolute atomic E-state index is 0.531. The Kier molecular flexibility index (Phi) is 4.09. The summed E-state index contributed by atoms with van der Waals surface area (Å²) in [7, 11) is 4.71. The molecule has 0 saturated carbocycles. The molecule has 0 aliphatic rings. The van der Waals surface area contributed by atoms with Gasteiger partial charge in [0.15, 0.2) is 23.1 Å². The van der Waals surface area contributed by atoms with Crippen LogP contribution in [0.1, 0.15) is 0 Å². The highest BCUT2D eigenvalue weighted by Gasteiger charge is 2.16. The number of aromatic amines is 1. The summed E-state index contributed by atoms with van der Waals surface area (Å²) in [6, 6.07) is 7.33. The van der Waals surface area contributed by atoms with Crippen LogP contribution in [0.5, 0.6) is 17.2 Å². The van der Waals surface area contributed by atoms with E-state index in [1.807, 2.05) is 12.1 Å². The molecule has 23 heavy (non-hydrogen) atoms. The molecule has 0 aliphatic carbocycles. The zero-order valence-electron chi connectivity index (χ0n) is 13.0. The number of methoxy groups -OCH3 is 3. The van der Waals surface area contributed by atoms with E-state index >= 15 is 0 Å². The number of hydrogen-bond acceptors (Lipinski definition) is 6. The average Bonchev–Trinajstić information content (AvgIpc) is 3.11. The van der Waals surface area contributed by atoms with Gasteiger partial charge in [-0.2, -0.15) is 5.10 Å². The summed E-state index contributed by atoms with van der Waals surface area (Å²) in [6.45, 7) is 0. The first-order chi connectivity index (χ1) is 11.3. The van der Waals surface area contributed by atoms with Crippen LogP contribution in [0.15, 0.2) is 36.7 Å². The molecule has 3 rings (SSSR count). The SMILES string of the molecule is COc1cc(-c2n[nH]c(-c3ccncc3)n2)cc(OC)c1OC. The smallest absolute Gasteiger partial charge is 0.203 e. The first-order valence-electron chi connectivity index (χ1n) is 6.90. The van der Waals surface area contributed by atoms with E-state index in [1.165, 1.54) is 0 Å². The van der Waals surface area contributed by atoms with E-state index in [0.717, 1.165) is 11.1 Å². The molecule has 0 bridgehead atoms. The van der Waals surface area contributed by atoms with E-state index in [4.69, 9.17) is 14.2 Å². The van der Waals surface area contributed by atoms with E-state index in [0.29, 0.717) is 28.9 Å². The second-order valence-electron chi connectivity index (χ2n) is 4.66. The number of aromatic nitrogens is 4. The lowest BCUT2D eigenvalue weighted by Gasteiger charge is -2.12. The predicted octanol–water partition coefficient (Wildman–Crippen LogP) is 2.56.